The number of carbonyl (C=O) groups excluding carboxylic acids is 1. The Balaban J connectivity index is 2.26. The van der Waals surface area contributed by atoms with Gasteiger partial charge in [0.15, 0.2) is 5.16 Å². The van der Waals surface area contributed by atoms with Crippen molar-refractivity contribution >= 4 is 40.9 Å². The molecule has 0 fully saturated rings. The van der Waals surface area contributed by atoms with E-state index in [2.05, 4.69) is 9.97 Å². The third-order valence-corrected chi connectivity index (χ3v) is 4.40. The van der Waals surface area contributed by atoms with E-state index in [1.165, 1.54) is 11.8 Å². The second-order valence-corrected chi connectivity index (χ2v) is 6.29. The third-order valence-electron chi connectivity index (χ3n) is 3.30. The van der Waals surface area contributed by atoms with Gasteiger partial charge in [-0.2, -0.15) is 0 Å². The molecule has 1 aliphatic heterocycles. The molecular formula is C14H11Cl2N3OS. The summed E-state index contributed by atoms with van der Waals surface area (Å²) in [5.74, 6) is -0.0889. The predicted octanol–water partition coefficient (Wildman–Crippen LogP) is 3.76. The highest BCUT2D eigenvalue weighted by Gasteiger charge is 2.31. The fourth-order valence-electron chi connectivity index (χ4n) is 2.28. The fourth-order valence-corrected chi connectivity index (χ4v) is 3.14. The minimum atomic E-state index is -0.0889. The summed E-state index contributed by atoms with van der Waals surface area (Å²) >= 11 is 13.6. The smallest absolute Gasteiger partial charge is 0.273 e. The summed E-state index contributed by atoms with van der Waals surface area (Å²) in [6.45, 7) is 0.483. The lowest BCUT2D eigenvalue weighted by Gasteiger charge is -2.10. The molecule has 1 amide bonds. The molecule has 7 heteroatoms. The van der Waals surface area contributed by atoms with Crippen molar-refractivity contribution in [1.82, 2.24) is 14.9 Å². The Bertz CT molecular complexity index is 751. The van der Waals surface area contributed by atoms with Crippen LogP contribution in [-0.2, 0) is 6.54 Å². The molecule has 108 valence electrons. The first kappa shape index (κ1) is 14.6. The molecule has 0 unspecified atom stereocenters. The van der Waals surface area contributed by atoms with Crippen molar-refractivity contribution in [2.24, 2.45) is 0 Å². The largest absolute Gasteiger partial charge is 0.336 e. The normalized spacial score (nSPS) is 13.7. The standard InChI is InChI=1S/C14H11Cl2N3OS/c1-19-6-9-11(8-4-3-7(15)5-10(8)16)17-14(21-2)18-12(9)13(19)20/h3-5H,6H2,1-2H3. The summed E-state index contributed by atoms with van der Waals surface area (Å²) in [7, 11) is 1.75. The average molecular weight is 340 g/mol. The molecule has 0 spiro atoms. The molecule has 0 saturated heterocycles. The van der Waals surface area contributed by atoms with Crippen LogP contribution in [0.4, 0.5) is 0 Å². The van der Waals surface area contributed by atoms with E-state index in [4.69, 9.17) is 23.2 Å². The first-order valence-electron chi connectivity index (χ1n) is 6.17. The van der Waals surface area contributed by atoms with Crippen LogP contribution in [0.5, 0.6) is 0 Å². The Morgan fingerprint density at radius 1 is 1.24 bits per heavy atom. The first-order valence-corrected chi connectivity index (χ1v) is 8.15. The highest BCUT2D eigenvalue weighted by Crippen LogP contribution is 2.35. The van der Waals surface area contributed by atoms with Crippen LogP contribution in [0.2, 0.25) is 10.0 Å². The Kier molecular flexibility index (Phi) is 3.82. The Labute approximate surface area is 136 Å². The van der Waals surface area contributed by atoms with Crippen LogP contribution < -0.4 is 0 Å². The molecule has 3 rings (SSSR count). The van der Waals surface area contributed by atoms with Gasteiger partial charge in [0.05, 0.1) is 17.3 Å². The molecule has 1 aromatic carbocycles. The quantitative estimate of drug-likeness (QED) is 0.617. The SMILES string of the molecule is CSc1nc2c(c(-c3ccc(Cl)cc3Cl)n1)CN(C)C2=O. The third kappa shape index (κ3) is 2.50. The number of fused-ring (bicyclic) bond motifs is 1. The number of amides is 1. The Morgan fingerprint density at radius 3 is 2.62 bits per heavy atom. The van der Waals surface area contributed by atoms with Gasteiger partial charge in [0.1, 0.15) is 5.69 Å². The van der Waals surface area contributed by atoms with Gasteiger partial charge in [0, 0.05) is 23.2 Å². The monoisotopic (exact) mass is 339 g/mol. The lowest BCUT2D eigenvalue weighted by molar-refractivity contribution is 0.0811. The van der Waals surface area contributed by atoms with Crippen LogP contribution in [0.15, 0.2) is 23.4 Å². The molecule has 0 saturated carbocycles. The summed E-state index contributed by atoms with van der Waals surface area (Å²) in [5.41, 5.74) is 2.73. The molecule has 0 N–H and O–H groups in total. The van der Waals surface area contributed by atoms with Gasteiger partial charge in [0.25, 0.3) is 5.91 Å². The number of hydrogen-bond acceptors (Lipinski definition) is 4. The van der Waals surface area contributed by atoms with Gasteiger partial charge in [-0.05, 0) is 24.5 Å². The summed E-state index contributed by atoms with van der Waals surface area (Å²) in [6, 6.07) is 5.25. The molecule has 0 radical (unpaired) electrons. The van der Waals surface area contributed by atoms with Crippen molar-refractivity contribution < 1.29 is 4.79 Å². The number of benzene rings is 1. The maximum absolute atomic E-state index is 12.2. The van der Waals surface area contributed by atoms with Gasteiger partial charge in [-0.1, -0.05) is 35.0 Å². The van der Waals surface area contributed by atoms with E-state index in [1.54, 1.807) is 24.1 Å². The number of carbonyl (C=O) groups is 1. The fraction of sp³-hybridized carbons (Fsp3) is 0.214. The lowest BCUT2D eigenvalue weighted by Crippen LogP contribution is -2.18. The summed E-state index contributed by atoms with van der Waals surface area (Å²) in [5, 5.41) is 1.63. The van der Waals surface area contributed by atoms with Crippen molar-refractivity contribution in [2.45, 2.75) is 11.7 Å². The van der Waals surface area contributed by atoms with Crippen molar-refractivity contribution in [3.05, 3.63) is 39.5 Å². The van der Waals surface area contributed by atoms with Gasteiger partial charge in [0.2, 0.25) is 0 Å². The topological polar surface area (TPSA) is 46.1 Å². The number of nitrogens with zero attached hydrogens (tertiary/aromatic N) is 3. The van der Waals surface area contributed by atoms with E-state index in [0.29, 0.717) is 33.1 Å². The van der Waals surface area contributed by atoms with Gasteiger partial charge >= 0.3 is 0 Å². The molecular weight excluding hydrogens is 329 g/mol. The second-order valence-electron chi connectivity index (χ2n) is 4.67. The summed E-state index contributed by atoms with van der Waals surface area (Å²) in [6.07, 6.45) is 1.87. The zero-order chi connectivity index (χ0) is 15.1. The van der Waals surface area contributed by atoms with Crippen molar-refractivity contribution in [2.75, 3.05) is 13.3 Å². The second kappa shape index (κ2) is 5.48. The molecule has 0 bridgehead atoms. The van der Waals surface area contributed by atoms with Crippen LogP contribution in [0.3, 0.4) is 0 Å². The van der Waals surface area contributed by atoms with E-state index >= 15 is 0 Å². The Morgan fingerprint density at radius 2 is 1.95 bits per heavy atom. The van der Waals surface area contributed by atoms with Gasteiger partial charge in [-0.3, -0.25) is 4.79 Å². The summed E-state index contributed by atoms with van der Waals surface area (Å²) < 4.78 is 0. The lowest BCUT2D eigenvalue weighted by atomic mass is 10.1. The van der Waals surface area contributed by atoms with E-state index in [9.17, 15) is 4.79 Å². The molecule has 2 aromatic rings. The summed E-state index contributed by atoms with van der Waals surface area (Å²) in [4.78, 5) is 22.6. The van der Waals surface area contributed by atoms with Gasteiger partial charge in [-0.15, -0.1) is 0 Å². The molecule has 0 atom stereocenters. The van der Waals surface area contributed by atoms with Crippen molar-refractivity contribution in [1.29, 1.82) is 0 Å². The molecule has 2 heterocycles. The Hall–Kier alpha value is -1.30. The van der Waals surface area contributed by atoms with Crippen molar-refractivity contribution in [3.8, 4) is 11.3 Å². The molecule has 21 heavy (non-hydrogen) atoms. The highest BCUT2D eigenvalue weighted by molar-refractivity contribution is 7.98. The maximum atomic E-state index is 12.2. The van der Waals surface area contributed by atoms with Crippen LogP contribution >= 0.6 is 35.0 Å². The number of thioether (sulfide) groups is 1. The average Bonchev–Trinajstić information content (AvgIpc) is 2.74. The minimum absolute atomic E-state index is 0.0889. The molecule has 4 nitrogen and oxygen atoms in total. The number of rotatable bonds is 2. The van der Waals surface area contributed by atoms with E-state index in [1.807, 2.05) is 12.3 Å². The zero-order valence-electron chi connectivity index (χ0n) is 11.4. The number of aromatic nitrogens is 2. The zero-order valence-corrected chi connectivity index (χ0v) is 13.7. The van der Waals surface area contributed by atoms with Crippen molar-refractivity contribution in [3.63, 3.8) is 0 Å². The number of hydrogen-bond donors (Lipinski definition) is 0. The van der Waals surface area contributed by atoms with Crippen LogP contribution in [0.1, 0.15) is 16.1 Å². The van der Waals surface area contributed by atoms with E-state index in [-0.39, 0.29) is 5.91 Å². The van der Waals surface area contributed by atoms with Gasteiger partial charge in [-0.25, -0.2) is 9.97 Å². The van der Waals surface area contributed by atoms with E-state index < -0.39 is 0 Å². The first-order chi connectivity index (χ1) is 10.0. The van der Waals surface area contributed by atoms with Gasteiger partial charge < -0.3 is 4.90 Å². The minimum Gasteiger partial charge on any atom is -0.336 e. The van der Waals surface area contributed by atoms with Crippen LogP contribution in [-0.4, -0.2) is 34.1 Å². The molecule has 0 aliphatic carbocycles. The maximum Gasteiger partial charge on any atom is 0.273 e. The van der Waals surface area contributed by atoms with Crippen LogP contribution in [0.25, 0.3) is 11.3 Å². The number of halogens is 2. The molecule has 1 aliphatic rings. The van der Waals surface area contributed by atoms with Crippen LogP contribution in [0, 0.1) is 0 Å². The van der Waals surface area contributed by atoms with E-state index in [0.717, 1.165) is 11.1 Å². The predicted molar refractivity (Wildman–Crippen MR) is 85.1 cm³/mol. The highest BCUT2D eigenvalue weighted by atomic mass is 35.5. The molecule has 1 aromatic heterocycles.